The molecule has 2 rings (SSSR count). The van der Waals surface area contributed by atoms with Crippen molar-refractivity contribution in [2.75, 3.05) is 13.1 Å². The minimum absolute atomic E-state index is 0.0612. The summed E-state index contributed by atoms with van der Waals surface area (Å²) in [5.74, 6) is 0.817. The first-order valence-corrected chi connectivity index (χ1v) is 6.29. The predicted molar refractivity (Wildman–Crippen MR) is 70.7 cm³/mol. The molecular formula is C14H17N3O2. The summed E-state index contributed by atoms with van der Waals surface area (Å²) in [7, 11) is 0. The molecule has 1 unspecified atom stereocenters. The van der Waals surface area contributed by atoms with Gasteiger partial charge in [-0.1, -0.05) is 12.1 Å². The van der Waals surface area contributed by atoms with Crippen LogP contribution in [-0.2, 0) is 0 Å². The fourth-order valence-corrected chi connectivity index (χ4v) is 2.05. The van der Waals surface area contributed by atoms with Gasteiger partial charge in [0.15, 0.2) is 0 Å². The highest BCUT2D eigenvalue weighted by Crippen LogP contribution is 2.22. The van der Waals surface area contributed by atoms with Gasteiger partial charge in [0.1, 0.15) is 12.3 Å². The van der Waals surface area contributed by atoms with E-state index in [0.29, 0.717) is 6.54 Å². The van der Waals surface area contributed by atoms with Gasteiger partial charge in [-0.25, -0.2) is 4.79 Å². The van der Waals surface area contributed by atoms with Gasteiger partial charge in [0.05, 0.1) is 18.2 Å². The lowest BCUT2D eigenvalue weighted by atomic mass is 10.1. The number of nitriles is 1. The number of hydrogen-bond donors (Lipinski definition) is 1. The lowest BCUT2D eigenvalue weighted by Crippen LogP contribution is -2.28. The van der Waals surface area contributed by atoms with E-state index >= 15 is 0 Å². The average Bonchev–Trinajstić information content (AvgIpc) is 2.72. The summed E-state index contributed by atoms with van der Waals surface area (Å²) in [5.41, 5.74) is 1.02. The van der Waals surface area contributed by atoms with Crippen LogP contribution in [0.4, 0.5) is 4.79 Å². The van der Waals surface area contributed by atoms with Crippen LogP contribution in [0.2, 0.25) is 0 Å². The molecule has 0 radical (unpaired) electrons. The Balaban J connectivity index is 2.03. The molecule has 0 saturated carbocycles. The Morgan fingerprint density at radius 1 is 1.47 bits per heavy atom. The minimum Gasteiger partial charge on any atom is -0.491 e. The molecule has 100 valence electrons. The van der Waals surface area contributed by atoms with E-state index in [4.69, 9.17) is 10.00 Å². The van der Waals surface area contributed by atoms with Crippen molar-refractivity contribution in [1.82, 2.24) is 10.2 Å². The zero-order valence-corrected chi connectivity index (χ0v) is 11.1. The summed E-state index contributed by atoms with van der Waals surface area (Å²) in [4.78, 5) is 13.1. The van der Waals surface area contributed by atoms with E-state index < -0.39 is 0 Å². The van der Waals surface area contributed by atoms with Crippen LogP contribution in [0.5, 0.6) is 5.75 Å². The van der Waals surface area contributed by atoms with Crippen LogP contribution in [0.1, 0.15) is 25.5 Å². The summed E-state index contributed by atoms with van der Waals surface area (Å²) in [6.45, 7) is 4.60. The molecule has 19 heavy (non-hydrogen) atoms. The van der Waals surface area contributed by atoms with E-state index in [1.54, 1.807) is 0 Å². The second-order valence-electron chi connectivity index (χ2n) is 4.78. The first-order valence-electron chi connectivity index (χ1n) is 6.29. The molecule has 0 bridgehead atoms. The predicted octanol–water partition coefficient (Wildman–Crippen LogP) is 2.06. The van der Waals surface area contributed by atoms with E-state index in [-0.39, 0.29) is 24.7 Å². The lowest BCUT2D eigenvalue weighted by molar-refractivity contribution is 0.222. The Kier molecular flexibility index (Phi) is 3.91. The van der Waals surface area contributed by atoms with Crippen molar-refractivity contribution in [3.63, 3.8) is 0 Å². The second kappa shape index (κ2) is 5.61. The van der Waals surface area contributed by atoms with Crippen molar-refractivity contribution >= 4 is 6.03 Å². The smallest absolute Gasteiger partial charge is 0.318 e. The van der Waals surface area contributed by atoms with Gasteiger partial charge in [-0.15, -0.1) is 0 Å². The average molecular weight is 259 g/mol. The zero-order valence-electron chi connectivity index (χ0n) is 11.1. The number of amides is 2. The Labute approximate surface area is 112 Å². The Morgan fingerprint density at radius 2 is 2.16 bits per heavy atom. The largest absolute Gasteiger partial charge is 0.491 e. The lowest BCUT2D eigenvalue weighted by Gasteiger charge is -2.13. The molecule has 5 nitrogen and oxygen atoms in total. The number of rotatable bonds is 4. The van der Waals surface area contributed by atoms with E-state index in [1.165, 1.54) is 4.90 Å². The topological polar surface area (TPSA) is 65.4 Å². The molecule has 5 heteroatoms. The highest BCUT2D eigenvalue weighted by Gasteiger charge is 2.29. The molecule has 0 aromatic heterocycles. The van der Waals surface area contributed by atoms with Crippen LogP contribution in [-0.4, -0.2) is 30.1 Å². The summed E-state index contributed by atoms with van der Waals surface area (Å²) >= 11 is 0. The Morgan fingerprint density at radius 3 is 2.74 bits per heavy atom. The number of benzene rings is 1. The molecule has 1 saturated heterocycles. The van der Waals surface area contributed by atoms with E-state index in [1.807, 2.05) is 44.2 Å². The van der Waals surface area contributed by atoms with Crippen molar-refractivity contribution in [1.29, 1.82) is 5.26 Å². The number of nitrogens with one attached hydrogen (secondary N) is 1. The zero-order chi connectivity index (χ0) is 13.8. The number of hydrogen-bond acceptors (Lipinski definition) is 3. The number of ether oxygens (including phenoxy) is 1. The van der Waals surface area contributed by atoms with Gasteiger partial charge in [-0.3, -0.25) is 0 Å². The SMILES string of the molecule is CC(C)Oc1ccc(C2CN(CC#N)C(=O)N2)cc1. The third-order valence-corrected chi connectivity index (χ3v) is 2.90. The second-order valence-corrected chi connectivity index (χ2v) is 4.78. The van der Waals surface area contributed by atoms with E-state index in [0.717, 1.165) is 11.3 Å². The van der Waals surface area contributed by atoms with Crippen LogP contribution >= 0.6 is 0 Å². The number of carbonyl (C=O) groups is 1. The van der Waals surface area contributed by atoms with Gasteiger partial charge in [-0.05, 0) is 31.5 Å². The molecule has 0 aliphatic carbocycles. The molecule has 1 aromatic carbocycles. The Bertz CT molecular complexity index is 490. The maximum absolute atomic E-state index is 11.6. The monoisotopic (exact) mass is 259 g/mol. The molecule has 0 spiro atoms. The maximum atomic E-state index is 11.6. The van der Waals surface area contributed by atoms with E-state index in [9.17, 15) is 4.79 Å². The van der Waals surface area contributed by atoms with Gasteiger partial charge < -0.3 is 15.0 Å². The highest BCUT2D eigenvalue weighted by molar-refractivity contribution is 5.77. The molecule has 1 fully saturated rings. The van der Waals surface area contributed by atoms with Crippen molar-refractivity contribution in [2.45, 2.75) is 26.0 Å². The summed E-state index contributed by atoms with van der Waals surface area (Å²) in [6.07, 6.45) is 0.142. The van der Waals surface area contributed by atoms with Crippen molar-refractivity contribution in [3.8, 4) is 11.8 Å². The summed E-state index contributed by atoms with van der Waals surface area (Å²) < 4.78 is 5.57. The van der Waals surface area contributed by atoms with Crippen LogP contribution in [0.15, 0.2) is 24.3 Å². The van der Waals surface area contributed by atoms with Gasteiger partial charge >= 0.3 is 6.03 Å². The number of carbonyl (C=O) groups excluding carboxylic acids is 1. The molecule has 1 aliphatic heterocycles. The first-order chi connectivity index (χ1) is 9.10. The fourth-order valence-electron chi connectivity index (χ4n) is 2.05. The molecule has 1 N–H and O–H groups in total. The third kappa shape index (κ3) is 3.16. The molecule has 1 heterocycles. The fraction of sp³-hybridized carbons (Fsp3) is 0.429. The van der Waals surface area contributed by atoms with Crippen LogP contribution in [0.25, 0.3) is 0 Å². The highest BCUT2D eigenvalue weighted by atomic mass is 16.5. The van der Waals surface area contributed by atoms with Gasteiger partial charge in [0.25, 0.3) is 0 Å². The molecule has 1 aliphatic rings. The Hall–Kier alpha value is -2.22. The normalized spacial score (nSPS) is 18.3. The number of urea groups is 1. The summed E-state index contributed by atoms with van der Waals surface area (Å²) in [6, 6.07) is 9.42. The maximum Gasteiger partial charge on any atom is 0.318 e. The van der Waals surface area contributed by atoms with Gasteiger partial charge in [0, 0.05) is 6.54 Å². The van der Waals surface area contributed by atoms with Crippen molar-refractivity contribution < 1.29 is 9.53 Å². The standard InChI is InChI=1S/C14H17N3O2/c1-10(2)19-12-5-3-11(4-6-12)13-9-17(8-7-15)14(18)16-13/h3-6,10,13H,8-9H2,1-2H3,(H,16,18). The quantitative estimate of drug-likeness (QED) is 0.842. The molecular weight excluding hydrogens is 242 g/mol. The van der Waals surface area contributed by atoms with Crippen LogP contribution < -0.4 is 10.1 Å². The van der Waals surface area contributed by atoms with Gasteiger partial charge in [0.2, 0.25) is 0 Å². The third-order valence-electron chi connectivity index (χ3n) is 2.90. The van der Waals surface area contributed by atoms with Crippen LogP contribution in [0.3, 0.4) is 0 Å². The first kappa shape index (κ1) is 13.2. The van der Waals surface area contributed by atoms with E-state index in [2.05, 4.69) is 5.32 Å². The molecule has 2 amide bonds. The summed E-state index contributed by atoms with van der Waals surface area (Å²) in [5, 5.41) is 11.5. The minimum atomic E-state index is -0.186. The van der Waals surface area contributed by atoms with Crippen LogP contribution in [0, 0.1) is 11.3 Å². The van der Waals surface area contributed by atoms with Gasteiger partial charge in [-0.2, -0.15) is 5.26 Å². The molecule has 1 atom stereocenters. The van der Waals surface area contributed by atoms with Crippen molar-refractivity contribution in [2.24, 2.45) is 0 Å². The van der Waals surface area contributed by atoms with Crippen molar-refractivity contribution in [3.05, 3.63) is 29.8 Å². The molecule has 1 aromatic rings. The number of nitrogens with zero attached hydrogens (tertiary/aromatic N) is 2.